The molecule has 4 heteroatoms. The molecule has 0 radical (unpaired) electrons. The molecule has 8 rings (SSSR count). The molecular formula is C36H32N4. The van der Waals surface area contributed by atoms with Gasteiger partial charge in [-0.1, -0.05) is 72.8 Å². The van der Waals surface area contributed by atoms with Gasteiger partial charge in [0.1, 0.15) is 0 Å². The highest BCUT2D eigenvalue weighted by Crippen LogP contribution is 2.27. The summed E-state index contributed by atoms with van der Waals surface area (Å²) >= 11 is 0. The Kier molecular flexibility index (Phi) is 6.01. The van der Waals surface area contributed by atoms with Crippen molar-refractivity contribution in [2.75, 3.05) is 0 Å². The Bertz CT molecular complexity index is 1940. The van der Waals surface area contributed by atoms with Crippen molar-refractivity contribution in [3.8, 4) is 0 Å². The van der Waals surface area contributed by atoms with E-state index < -0.39 is 0 Å². The standard InChI is InChI=1S/2C18H16N2/c2*1-20-12-14(16-7-3-5-9-18(16)20)10-13-11-19-17-8-4-2-6-15(13)17/h2*2-9,11-12,19H,10H2,1H3. The summed E-state index contributed by atoms with van der Waals surface area (Å²) in [7, 11) is 4.22. The van der Waals surface area contributed by atoms with Gasteiger partial charge in [-0.2, -0.15) is 0 Å². The molecule has 8 aromatic rings. The van der Waals surface area contributed by atoms with Crippen molar-refractivity contribution in [2.45, 2.75) is 12.8 Å². The molecule has 0 spiro atoms. The van der Waals surface area contributed by atoms with Crippen LogP contribution in [0.5, 0.6) is 0 Å². The summed E-state index contributed by atoms with van der Waals surface area (Å²) in [5.41, 5.74) is 10.5. The fourth-order valence-electron chi connectivity index (χ4n) is 6.10. The molecule has 4 nitrogen and oxygen atoms in total. The van der Waals surface area contributed by atoms with Crippen LogP contribution in [-0.2, 0) is 26.9 Å². The number of aromatic nitrogens is 4. The maximum atomic E-state index is 3.36. The number of fused-ring (bicyclic) bond motifs is 4. The molecule has 0 aliphatic rings. The number of aryl methyl sites for hydroxylation is 2. The molecule has 0 atom stereocenters. The van der Waals surface area contributed by atoms with Gasteiger partial charge in [0.25, 0.3) is 0 Å². The van der Waals surface area contributed by atoms with Crippen molar-refractivity contribution in [1.29, 1.82) is 0 Å². The van der Waals surface area contributed by atoms with Gasteiger partial charge in [-0.05, 0) is 46.5 Å². The minimum atomic E-state index is 0.964. The molecule has 0 aliphatic carbocycles. The third-order valence-corrected chi connectivity index (χ3v) is 8.07. The Hall–Kier alpha value is -4.96. The minimum Gasteiger partial charge on any atom is -0.361 e. The van der Waals surface area contributed by atoms with Crippen LogP contribution in [0.4, 0.5) is 0 Å². The lowest BCUT2D eigenvalue weighted by Crippen LogP contribution is -1.85. The van der Waals surface area contributed by atoms with Gasteiger partial charge in [0, 0.05) is 95.3 Å². The van der Waals surface area contributed by atoms with Crippen LogP contribution in [0.1, 0.15) is 22.3 Å². The molecule has 0 fully saturated rings. The Morgan fingerprint density at radius 2 is 0.825 bits per heavy atom. The number of benzene rings is 4. The summed E-state index contributed by atoms with van der Waals surface area (Å²) in [6.07, 6.45) is 10.7. The van der Waals surface area contributed by atoms with Gasteiger partial charge in [0.05, 0.1) is 0 Å². The van der Waals surface area contributed by atoms with E-state index in [1.165, 1.54) is 65.9 Å². The van der Waals surface area contributed by atoms with Crippen molar-refractivity contribution >= 4 is 43.6 Å². The summed E-state index contributed by atoms with van der Waals surface area (Å²) in [6.45, 7) is 0. The summed E-state index contributed by atoms with van der Waals surface area (Å²) < 4.78 is 4.42. The molecule has 0 aliphatic heterocycles. The number of nitrogens with one attached hydrogen (secondary N) is 2. The second kappa shape index (κ2) is 9.97. The highest BCUT2D eigenvalue weighted by Gasteiger charge is 2.11. The molecule has 4 aromatic heterocycles. The lowest BCUT2D eigenvalue weighted by Gasteiger charge is -1.98. The molecule has 0 saturated carbocycles. The molecule has 4 aromatic carbocycles. The summed E-state index contributed by atoms with van der Waals surface area (Å²) in [5.74, 6) is 0. The topological polar surface area (TPSA) is 41.4 Å². The first-order valence-corrected chi connectivity index (χ1v) is 13.8. The molecule has 2 N–H and O–H groups in total. The van der Waals surface area contributed by atoms with Crippen LogP contribution in [0.2, 0.25) is 0 Å². The predicted molar refractivity (Wildman–Crippen MR) is 168 cm³/mol. The second-order valence-electron chi connectivity index (χ2n) is 10.6. The zero-order valence-electron chi connectivity index (χ0n) is 22.9. The highest BCUT2D eigenvalue weighted by atomic mass is 14.9. The molecule has 196 valence electrons. The minimum absolute atomic E-state index is 0.964. The maximum Gasteiger partial charge on any atom is 0.0480 e. The van der Waals surface area contributed by atoms with E-state index in [0.29, 0.717) is 0 Å². The number of H-pyrrole nitrogens is 2. The van der Waals surface area contributed by atoms with E-state index in [4.69, 9.17) is 0 Å². The van der Waals surface area contributed by atoms with Crippen LogP contribution in [0, 0.1) is 0 Å². The SMILES string of the molecule is Cn1cc(Cc2c[nH]c3ccccc23)c2ccccc21.Cn1cc(Cc2c[nH]c3ccccc23)c2ccccc21. The second-order valence-corrected chi connectivity index (χ2v) is 10.6. The largest absolute Gasteiger partial charge is 0.361 e. The summed E-state index contributed by atoms with van der Waals surface area (Å²) in [4.78, 5) is 6.71. The zero-order valence-corrected chi connectivity index (χ0v) is 22.9. The number of nitrogens with zero attached hydrogens (tertiary/aromatic N) is 2. The average Bonchev–Trinajstić information content (AvgIpc) is 3.75. The normalized spacial score (nSPS) is 11.4. The van der Waals surface area contributed by atoms with Gasteiger partial charge in [0.15, 0.2) is 0 Å². The Labute approximate surface area is 233 Å². The predicted octanol–water partition coefficient (Wildman–Crippen LogP) is 8.50. The highest BCUT2D eigenvalue weighted by molar-refractivity contribution is 5.88. The fraction of sp³-hybridized carbons (Fsp3) is 0.111. The van der Waals surface area contributed by atoms with Crippen LogP contribution in [-0.4, -0.2) is 19.1 Å². The molecule has 40 heavy (non-hydrogen) atoms. The van der Waals surface area contributed by atoms with Crippen LogP contribution in [0.3, 0.4) is 0 Å². The number of hydrogen-bond acceptors (Lipinski definition) is 0. The Morgan fingerprint density at radius 1 is 0.450 bits per heavy atom. The van der Waals surface area contributed by atoms with E-state index in [2.05, 4.69) is 155 Å². The number of para-hydroxylation sites is 4. The molecule has 0 amide bonds. The molecule has 0 bridgehead atoms. The molecular weight excluding hydrogens is 488 g/mol. The third-order valence-electron chi connectivity index (χ3n) is 8.07. The van der Waals surface area contributed by atoms with Gasteiger partial charge in [0.2, 0.25) is 0 Å². The number of aromatic amines is 2. The van der Waals surface area contributed by atoms with Crippen LogP contribution >= 0.6 is 0 Å². The molecule has 0 unspecified atom stereocenters. The van der Waals surface area contributed by atoms with E-state index in [0.717, 1.165) is 12.8 Å². The van der Waals surface area contributed by atoms with Gasteiger partial charge in [-0.15, -0.1) is 0 Å². The lowest BCUT2D eigenvalue weighted by atomic mass is 10.0. The zero-order chi connectivity index (χ0) is 27.1. The van der Waals surface area contributed by atoms with Crippen LogP contribution in [0.15, 0.2) is 122 Å². The first-order valence-electron chi connectivity index (χ1n) is 13.8. The smallest absolute Gasteiger partial charge is 0.0480 e. The van der Waals surface area contributed by atoms with Gasteiger partial charge in [-0.25, -0.2) is 0 Å². The van der Waals surface area contributed by atoms with Crippen molar-refractivity contribution < 1.29 is 0 Å². The third kappa shape index (κ3) is 4.28. The van der Waals surface area contributed by atoms with Crippen molar-refractivity contribution in [1.82, 2.24) is 19.1 Å². The average molecular weight is 521 g/mol. The van der Waals surface area contributed by atoms with E-state index in [9.17, 15) is 0 Å². The van der Waals surface area contributed by atoms with E-state index >= 15 is 0 Å². The van der Waals surface area contributed by atoms with Crippen molar-refractivity contribution in [3.63, 3.8) is 0 Å². The number of rotatable bonds is 4. The van der Waals surface area contributed by atoms with Gasteiger partial charge in [-0.3, -0.25) is 0 Å². The lowest BCUT2D eigenvalue weighted by molar-refractivity contribution is 0.958. The molecule has 4 heterocycles. The van der Waals surface area contributed by atoms with Gasteiger partial charge < -0.3 is 19.1 Å². The quantitative estimate of drug-likeness (QED) is 0.234. The fourth-order valence-corrected chi connectivity index (χ4v) is 6.10. The Balaban J connectivity index is 0.000000132. The number of hydrogen-bond donors (Lipinski definition) is 2. The Morgan fingerprint density at radius 3 is 1.27 bits per heavy atom. The van der Waals surface area contributed by atoms with E-state index in [1.807, 2.05) is 0 Å². The summed E-state index contributed by atoms with van der Waals surface area (Å²) in [6, 6.07) is 34.1. The van der Waals surface area contributed by atoms with Gasteiger partial charge >= 0.3 is 0 Å². The van der Waals surface area contributed by atoms with Crippen LogP contribution in [0.25, 0.3) is 43.6 Å². The van der Waals surface area contributed by atoms with E-state index in [-0.39, 0.29) is 0 Å². The van der Waals surface area contributed by atoms with E-state index in [1.54, 1.807) is 0 Å². The van der Waals surface area contributed by atoms with Crippen LogP contribution < -0.4 is 0 Å². The first-order chi connectivity index (χ1) is 19.7. The monoisotopic (exact) mass is 520 g/mol. The first kappa shape index (κ1) is 24.1. The van der Waals surface area contributed by atoms with Crippen molar-refractivity contribution in [3.05, 3.63) is 144 Å². The van der Waals surface area contributed by atoms with Crippen molar-refractivity contribution in [2.24, 2.45) is 14.1 Å². The maximum absolute atomic E-state index is 3.36. The summed E-state index contributed by atoms with van der Waals surface area (Å²) in [5, 5.41) is 5.33. The molecule has 0 saturated heterocycles.